The lowest BCUT2D eigenvalue weighted by Crippen LogP contribution is -2.43. The molecule has 1 fully saturated rings. The second-order valence-corrected chi connectivity index (χ2v) is 7.41. The van der Waals surface area contributed by atoms with E-state index in [0.717, 1.165) is 9.99 Å². The summed E-state index contributed by atoms with van der Waals surface area (Å²) in [5, 5.41) is 13.4. The van der Waals surface area contributed by atoms with Crippen LogP contribution in [0.15, 0.2) is 47.6 Å². The number of carbonyl (C=O) groups is 1. The molecule has 0 saturated carbocycles. The standard InChI is InChI=1S/C15H17N3O4S/c1-11-7-8-14(15(19)20)18(11)23(21,22)13-9-16-17(10-13)12-5-3-2-4-6-12/h2-6,9-11,14H,7-8H2,1H3,(H,19,20)/t11-,14-/m1/s1. The number of aliphatic carboxylic acids is 1. The van der Waals surface area contributed by atoms with Crippen LogP contribution in [0.25, 0.3) is 5.69 Å². The minimum absolute atomic E-state index is 0.00125. The molecule has 7 nitrogen and oxygen atoms in total. The normalized spacial score (nSPS) is 22.3. The first-order valence-corrected chi connectivity index (χ1v) is 8.71. The van der Waals surface area contributed by atoms with Gasteiger partial charge in [-0.3, -0.25) is 4.79 Å². The maximum atomic E-state index is 12.8. The molecule has 1 aromatic carbocycles. The number of carboxylic acid groups (broad SMARTS) is 1. The van der Waals surface area contributed by atoms with Crippen LogP contribution < -0.4 is 0 Å². The van der Waals surface area contributed by atoms with Gasteiger partial charge in [0.2, 0.25) is 10.0 Å². The van der Waals surface area contributed by atoms with E-state index in [1.807, 2.05) is 30.3 Å². The summed E-state index contributed by atoms with van der Waals surface area (Å²) in [6, 6.07) is 7.76. The van der Waals surface area contributed by atoms with Crippen LogP contribution in [-0.4, -0.2) is 45.7 Å². The number of hydrogen-bond donors (Lipinski definition) is 1. The lowest BCUT2D eigenvalue weighted by Gasteiger charge is -2.24. The molecule has 23 heavy (non-hydrogen) atoms. The smallest absolute Gasteiger partial charge is 0.322 e. The van der Waals surface area contributed by atoms with Crippen LogP contribution in [0, 0.1) is 0 Å². The lowest BCUT2D eigenvalue weighted by atomic mass is 10.2. The van der Waals surface area contributed by atoms with Crippen molar-refractivity contribution < 1.29 is 18.3 Å². The molecule has 0 amide bonds. The summed E-state index contributed by atoms with van der Waals surface area (Å²) in [6.07, 6.45) is 3.52. The summed E-state index contributed by atoms with van der Waals surface area (Å²) >= 11 is 0. The molecule has 2 heterocycles. The van der Waals surface area contributed by atoms with Crippen LogP contribution >= 0.6 is 0 Å². The highest BCUT2D eigenvalue weighted by Gasteiger charge is 2.44. The maximum absolute atomic E-state index is 12.8. The number of rotatable bonds is 4. The Morgan fingerprint density at radius 3 is 2.61 bits per heavy atom. The third-order valence-corrected chi connectivity index (χ3v) is 6.02. The van der Waals surface area contributed by atoms with Crippen LogP contribution in [0.2, 0.25) is 0 Å². The van der Waals surface area contributed by atoms with Crippen molar-refractivity contribution in [3.05, 3.63) is 42.7 Å². The molecule has 2 aromatic rings. The fourth-order valence-corrected chi connectivity index (χ4v) is 4.65. The molecule has 0 aliphatic carbocycles. The van der Waals surface area contributed by atoms with E-state index in [-0.39, 0.29) is 10.9 Å². The molecule has 1 aromatic heterocycles. The molecular formula is C15H17N3O4S. The molecule has 8 heteroatoms. The van der Waals surface area contributed by atoms with Crippen LogP contribution in [-0.2, 0) is 14.8 Å². The Kier molecular flexibility index (Phi) is 3.95. The molecular weight excluding hydrogens is 318 g/mol. The van der Waals surface area contributed by atoms with Gasteiger partial charge < -0.3 is 5.11 Å². The quantitative estimate of drug-likeness (QED) is 0.914. The van der Waals surface area contributed by atoms with Crippen molar-refractivity contribution in [3.8, 4) is 5.69 Å². The van der Waals surface area contributed by atoms with Crippen molar-refractivity contribution in [2.75, 3.05) is 0 Å². The lowest BCUT2D eigenvalue weighted by molar-refractivity contribution is -0.140. The van der Waals surface area contributed by atoms with E-state index in [2.05, 4.69) is 5.10 Å². The summed E-state index contributed by atoms with van der Waals surface area (Å²) in [4.78, 5) is 11.3. The van der Waals surface area contributed by atoms with E-state index >= 15 is 0 Å². The third kappa shape index (κ3) is 2.75. The third-order valence-electron chi connectivity index (χ3n) is 4.04. The second kappa shape index (κ2) is 5.78. The van der Waals surface area contributed by atoms with Crippen LogP contribution in [0.3, 0.4) is 0 Å². The molecule has 1 aliphatic heterocycles. The average Bonchev–Trinajstić information content (AvgIpc) is 3.15. The summed E-state index contributed by atoms with van der Waals surface area (Å²) in [6.45, 7) is 1.72. The van der Waals surface area contributed by atoms with Gasteiger partial charge in [0.15, 0.2) is 0 Å². The number of nitrogens with zero attached hydrogens (tertiary/aromatic N) is 3. The fourth-order valence-electron chi connectivity index (χ4n) is 2.88. The number of aromatic nitrogens is 2. The summed E-state index contributed by atoms with van der Waals surface area (Å²) in [5.41, 5.74) is 0.734. The van der Waals surface area contributed by atoms with Crippen LogP contribution in [0.5, 0.6) is 0 Å². The van der Waals surface area contributed by atoms with Gasteiger partial charge in [-0.2, -0.15) is 9.40 Å². The topological polar surface area (TPSA) is 92.5 Å². The van der Waals surface area contributed by atoms with E-state index < -0.39 is 22.0 Å². The highest BCUT2D eigenvalue weighted by Crippen LogP contribution is 2.31. The average molecular weight is 335 g/mol. The number of carboxylic acids is 1. The maximum Gasteiger partial charge on any atom is 0.322 e. The minimum atomic E-state index is -3.90. The summed E-state index contributed by atoms with van der Waals surface area (Å²) in [5.74, 6) is -1.12. The minimum Gasteiger partial charge on any atom is -0.480 e. The number of para-hydroxylation sites is 1. The van der Waals surface area contributed by atoms with Gasteiger partial charge in [0, 0.05) is 6.04 Å². The Balaban J connectivity index is 1.97. The second-order valence-electron chi connectivity index (χ2n) is 5.57. The largest absolute Gasteiger partial charge is 0.480 e. The van der Waals surface area contributed by atoms with Crippen molar-refractivity contribution in [1.82, 2.24) is 14.1 Å². The molecule has 0 bridgehead atoms. The molecule has 3 rings (SSSR count). The SMILES string of the molecule is C[C@@H]1CC[C@H](C(=O)O)N1S(=O)(=O)c1cnn(-c2ccccc2)c1. The first-order chi connectivity index (χ1) is 10.9. The predicted molar refractivity (Wildman–Crippen MR) is 82.7 cm³/mol. The van der Waals surface area contributed by atoms with Gasteiger partial charge in [0.1, 0.15) is 10.9 Å². The molecule has 0 unspecified atom stereocenters. The number of hydrogen-bond acceptors (Lipinski definition) is 4. The van der Waals surface area contributed by atoms with Crippen molar-refractivity contribution in [2.45, 2.75) is 36.7 Å². The van der Waals surface area contributed by atoms with E-state index in [0.29, 0.717) is 12.8 Å². The van der Waals surface area contributed by atoms with Gasteiger partial charge in [-0.1, -0.05) is 18.2 Å². The Hall–Kier alpha value is -2.19. The zero-order valence-corrected chi connectivity index (χ0v) is 13.3. The van der Waals surface area contributed by atoms with Gasteiger partial charge >= 0.3 is 5.97 Å². The van der Waals surface area contributed by atoms with Gasteiger partial charge in [0.25, 0.3) is 0 Å². The number of benzene rings is 1. The van der Waals surface area contributed by atoms with E-state index in [1.54, 1.807) is 6.92 Å². The predicted octanol–water partition coefficient (Wildman–Crippen LogP) is 1.50. The van der Waals surface area contributed by atoms with E-state index in [9.17, 15) is 18.3 Å². The van der Waals surface area contributed by atoms with Gasteiger partial charge in [0.05, 0.1) is 18.1 Å². The van der Waals surface area contributed by atoms with Crippen LogP contribution in [0.4, 0.5) is 0 Å². The fraction of sp³-hybridized carbons (Fsp3) is 0.333. The Morgan fingerprint density at radius 2 is 1.96 bits per heavy atom. The highest BCUT2D eigenvalue weighted by atomic mass is 32.2. The molecule has 122 valence electrons. The Morgan fingerprint density at radius 1 is 1.26 bits per heavy atom. The molecule has 2 atom stereocenters. The van der Waals surface area contributed by atoms with Crippen molar-refractivity contribution in [3.63, 3.8) is 0 Å². The summed E-state index contributed by atoms with van der Waals surface area (Å²) < 4.78 is 28.2. The molecule has 1 N–H and O–H groups in total. The van der Waals surface area contributed by atoms with E-state index in [4.69, 9.17) is 0 Å². The Labute approximate surface area is 134 Å². The molecule has 1 saturated heterocycles. The zero-order chi connectivity index (χ0) is 16.6. The monoisotopic (exact) mass is 335 g/mol. The molecule has 0 spiro atoms. The first-order valence-electron chi connectivity index (χ1n) is 7.27. The molecule has 0 radical (unpaired) electrons. The molecule has 1 aliphatic rings. The Bertz CT molecular complexity index is 816. The zero-order valence-electron chi connectivity index (χ0n) is 12.5. The van der Waals surface area contributed by atoms with Gasteiger partial charge in [-0.25, -0.2) is 13.1 Å². The number of sulfonamides is 1. The summed E-state index contributed by atoms with van der Waals surface area (Å²) in [7, 11) is -3.90. The van der Waals surface area contributed by atoms with Crippen molar-refractivity contribution in [1.29, 1.82) is 0 Å². The van der Waals surface area contributed by atoms with Crippen molar-refractivity contribution >= 4 is 16.0 Å². The van der Waals surface area contributed by atoms with E-state index in [1.165, 1.54) is 17.1 Å². The van der Waals surface area contributed by atoms with Gasteiger partial charge in [-0.05, 0) is 31.9 Å². The van der Waals surface area contributed by atoms with Crippen LogP contribution in [0.1, 0.15) is 19.8 Å². The van der Waals surface area contributed by atoms with Crippen molar-refractivity contribution in [2.24, 2.45) is 0 Å². The highest BCUT2D eigenvalue weighted by molar-refractivity contribution is 7.89. The first kappa shape index (κ1) is 15.7. The van der Waals surface area contributed by atoms with Gasteiger partial charge in [-0.15, -0.1) is 0 Å².